The van der Waals surface area contributed by atoms with Gasteiger partial charge in [0.25, 0.3) is 5.56 Å². The molecule has 4 heterocycles. The quantitative estimate of drug-likeness (QED) is 0.564. The molecule has 2 fully saturated rings. The lowest BCUT2D eigenvalue weighted by Crippen LogP contribution is -2.40. The molecule has 3 atom stereocenters. The number of benzene rings is 1. The van der Waals surface area contributed by atoms with Crippen LogP contribution in [0.3, 0.4) is 0 Å². The van der Waals surface area contributed by atoms with Crippen LogP contribution in [-0.4, -0.2) is 67.8 Å². The second-order valence-corrected chi connectivity index (χ2v) is 11.1. The van der Waals surface area contributed by atoms with Crippen LogP contribution in [0.2, 0.25) is 0 Å². The van der Waals surface area contributed by atoms with Crippen LogP contribution in [0.15, 0.2) is 35.3 Å². The Kier molecular flexibility index (Phi) is 5.98. The predicted molar refractivity (Wildman–Crippen MR) is 142 cm³/mol. The largest absolute Gasteiger partial charge is 0.388 e. The maximum atomic E-state index is 13.2. The zero-order valence-electron chi connectivity index (χ0n) is 21.4. The van der Waals surface area contributed by atoms with Crippen LogP contribution in [0.4, 0.5) is 11.6 Å². The second kappa shape index (κ2) is 9.21. The van der Waals surface area contributed by atoms with E-state index in [1.807, 2.05) is 6.07 Å². The van der Waals surface area contributed by atoms with E-state index in [4.69, 9.17) is 4.98 Å². The average Bonchev–Trinajstić information content (AvgIpc) is 3.48. The van der Waals surface area contributed by atoms with Crippen molar-refractivity contribution in [2.45, 2.75) is 63.3 Å². The maximum absolute atomic E-state index is 13.2. The lowest BCUT2D eigenvalue weighted by atomic mass is 9.97. The number of nitrogens with one attached hydrogen (secondary N) is 1. The first-order chi connectivity index (χ1) is 17.8. The maximum Gasteiger partial charge on any atom is 0.270 e. The van der Waals surface area contributed by atoms with Gasteiger partial charge in [-0.05, 0) is 81.9 Å². The highest BCUT2D eigenvalue weighted by Crippen LogP contribution is 2.39. The lowest BCUT2D eigenvalue weighted by Gasteiger charge is -2.33. The summed E-state index contributed by atoms with van der Waals surface area (Å²) in [6.07, 6.45) is 5.95. The Bertz CT molecular complexity index is 1460. The third-order valence-corrected chi connectivity index (χ3v) is 8.47. The molecule has 0 spiro atoms. The Balaban J connectivity index is 1.30. The van der Waals surface area contributed by atoms with Crippen molar-refractivity contribution in [2.24, 2.45) is 0 Å². The molecule has 9 nitrogen and oxygen atoms in total. The highest BCUT2D eigenvalue weighted by atomic mass is 16.3. The van der Waals surface area contributed by atoms with Gasteiger partial charge in [-0.15, -0.1) is 0 Å². The summed E-state index contributed by atoms with van der Waals surface area (Å²) in [7, 11) is 2.20. The predicted octanol–water partition coefficient (Wildman–Crippen LogP) is 2.94. The number of pyridine rings is 1. The molecule has 2 aromatic heterocycles. The van der Waals surface area contributed by atoms with Gasteiger partial charge in [0.15, 0.2) is 0 Å². The zero-order chi connectivity index (χ0) is 25.7. The van der Waals surface area contributed by atoms with Gasteiger partial charge in [-0.3, -0.25) is 14.3 Å². The molecule has 192 valence electrons. The van der Waals surface area contributed by atoms with Crippen molar-refractivity contribution in [1.29, 1.82) is 5.26 Å². The van der Waals surface area contributed by atoms with Crippen LogP contribution in [-0.2, 0) is 13.0 Å². The summed E-state index contributed by atoms with van der Waals surface area (Å²) in [5.41, 5.74) is 2.62. The van der Waals surface area contributed by atoms with Crippen molar-refractivity contribution in [2.75, 3.05) is 32.0 Å². The minimum atomic E-state index is -1.04. The Hall–Kier alpha value is -3.32. The van der Waals surface area contributed by atoms with E-state index in [2.05, 4.69) is 45.3 Å². The normalized spacial score (nSPS) is 26.3. The van der Waals surface area contributed by atoms with Gasteiger partial charge < -0.3 is 15.3 Å². The summed E-state index contributed by atoms with van der Waals surface area (Å²) in [6.45, 7) is 6.12. The molecule has 1 aliphatic carbocycles. The topological polar surface area (TPSA) is 110 Å². The van der Waals surface area contributed by atoms with E-state index in [9.17, 15) is 15.2 Å². The van der Waals surface area contributed by atoms with Gasteiger partial charge in [0, 0.05) is 42.9 Å². The SMILES string of the molecule is CN1CCC(N2CCc3cc(Nc4ncc5cc(C#N)c(=O)n(C6CCCC6(C)O)c5n4)ccc3C2)C1. The summed E-state index contributed by atoms with van der Waals surface area (Å²) in [5, 5.41) is 24.4. The number of nitrogens with zero attached hydrogens (tertiary/aromatic N) is 6. The van der Waals surface area contributed by atoms with Crippen molar-refractivity contribution < 1.29 is 5.11 Å². The number of fused-ring (bicyclic) bond motifs is 2. The van der Waals surface area contributed by atoms with E-state index in [1.165, 1.54) is 34.7 Å². The third kappa shape index (κ3) is 4.39. The molecule has 6 rings (SSSR count). The molecular formula is C28H33N7O2. The molecule has 0 bridgehead atoms. The van der Waals surface area contributed by atoms with Crippen molar-refractivity contribution >= 4 is 22.7 Å². The van der Waals surface area contributed by atoms with Crippen molar-refractivity contribution in [3.05, 3.63) is 57.5 Å². The molecule has 2 N–H and O–H groups in total. The number of rotatable bonds is 4. The van der Waals surface area contributed by atoms with Gasteiger partial charge in [-0.1, -0.05) is 6.07 Å². The standard InChI is InChI=1S/C28H33N7O2/c1-28(37)9-3-4-24(28)35-25-21(12-20(14-29)26(35)36)15-30-27(32-25)31-22-6-5-19-16-34(11-7-18(19)13-22)23-8-10-33(2)17-23/h5-6,12-13,15,23-24,37H,3-4,7-11,16-17H2,1-2H3,(H,30,31,32). The first-order valence-corrected chi connectivity index (χ1v) is 13.2. The molecule has 1 aromatic carbocycles. The van der Waals surface area contributed by atoms with Crippen LogP contribution in [0.5, 0.6) is 0 Å². The summed E-state index contributed by atoms with van der Waals surface area (Å²) < 4.78 is 1.51. The number of aliphatic hydroxyl groups is 1. The Morgan fingerprint density at radius 1 is 1.22 bits per heavy atom. The number of anilines is 2. The van der Waals surface area contributed by atoms with E-state index in [-0.39, 0.29) is 5.56 Å². The number of hydrogen-bond acceptors (Lipinski definition) is 8. The third-order valence-electron chi connectivity index (χ3n) is 8.47. The fraction of sp³-hybridized carbons (Fsp3) is 0.500. The molecule has 3 aliphatic rings. The fourth-order valence-corrected chi connectivity index (χ4v) is 6.39. The van der Waals surface area contributed by atoms with Crippen LogP contribution in [0, 0.1) is 11.3 Å². The average molecular weight is 500 g/mol. The number of nitriles is 1. The molecule has 37 heavy (non-hydrogen) atoms. The molecule has 2 aliphatic heterocycles. The first-order valence-electron chi connectivity index (χ1n) is 13.2. The van der Waals surface area contributed by atoms with Crippen LogP contribution in [0.1, 0.15) is 55.3 Å². The number of hydrogen-bond donors (Lipinski definition) is 2. The van der Waals surface area contributed by atoms with E-state index in [1.54, 1.807) is 13.1 Å². The highest BCUT2D eigenvalue weighted by molar-refractivity contribution is 5.77. The van der Waals surface area contributed by atoms with Crippen LogP contribution < -0.4 is 10.9 Å². The molecule has 9 heteroatoms. The lowest BCUT2D eigenvalue weighted by molar-refractivity contribution is 0.0266. The Labute approximate surface area is 216 Å². The van der Waals surface area contributed by atoms with Gasteiger partial charge in [0.1, 0.15) is 17.3 Å². The van der Waals surface area contributed by atoms with Gasteiger partial charge in [0.2, 0.25) is 5.95 Å². The van der Waals surface area contributed by atoms with Crippen LogP contribution >= 0.6 is 0 Å². The molecule has 1 saturated carbocycles. The van der Waals surface area contributed by atoms with Crippen molar-refractivity contribution in [1.82, 2.24) is 24.3 Å². The number of likely N-dealkylation sites (tertiary alicyclic amines) is 1. The summed E-state index contributed by atoms with van der Waals surface area (Å²) in [4.78, 5) is 27.4. The zero-order valence-corrected chi connectivity index (χ0v) is 21.4. The van der Waals surface area contributed by atoms with Gasteiger partial charge in [0.05, 0.1) is 11.6 Å². The summed E-state index contributed by atoms with van der Waals surface area (Å²) >= 11 is 0. The molecule has 0 amide bonds. The molecule has 3 unspecified atom stereocenters. The Morgan fingerprint density at radius 3 is 2.81 bits per heavy atom. The monoisotopic (exact) mass is 499 g/mol. The highest BCUT2D eigenvalue weighted by Gasteiger charge is 2.40. The van der Waals surface area contributed by atoms with Gasteiger partial charge >= 0.3 is 0 Å². The number of aromatic nitrogens is 3. The number of likely N-dealkylation sites (N-methyl/N-ethyl adjacent to an activating group) is 1. The fourth-order valence-electron chi connectivity index (χ4n) is 6.39. The Morgan fingerprint density at radius 2 is 2.08 bits per heavy atom. The molecule has 1 saturated heterocycles. The van der Waals surface area contributed by atoms with Gasteiger partial charge in [-0.2, -0.15) is 10.2 Å². The van der Waals surface area contributed by atoms with Crippen LogP contribution in [0.25, 0.3) is 11.0 Å². The molecule has 3 aromatic rings. The molecular weight excluding hydrogens is 466 g/mol. The van der Waals surface area contributed by atoms with Gasteiger partial charge in [-0.25, -0.2) is 4.98 Å². The smallest absolute Gasteiger partial charge is 0.270 e. The van der Waals surface area contributed by atoms with Crippen molar-refractivity contribution in [3.8, 4) is 6.07 Å². The van der Waals surface area contributed by atoms with Crippen molar-refractivity contribution in [3.63, 3.8) is 0 Å². The van der Waals surface area contributed by atoms with E-state index >= 15 is 0 Å². The minimum absolute atomic E-state index is 0.0347. The summed E-state index contributed by atoms with van der Waals surface area (Å²) in [5.74, 6) is 0.384. The second-order valence-electron chi connectivity index (χ2n) is 11.1. The first kappa shape index (κ1) is 24.0. The van der Waals surface area contributed by atoms with E-state index in [0.29, 0.717) is 35.9 Å². The van der Waals surface area contributed by atoms with E-state index < -0.39 is 17.2 Å². The minimum Gasteiger partial charge on any atom is -0.388 e. The molecule has 0 radical (unpaired) electrons. The summed E-state index contributed by atoms with van der Waals surface area (Å²) in [6, 6.07) is 10.2. The van der Waals surface area contributed by atoms with E-state index in [0.717, 1.165) is 38.2 Å².